The van der Waals surface area contributed by atoms with Crippen LogP contribution in [0.15, 0.2) is 32.4 Å². The summed E-state index contributed by atoms with van der Waals surface area (Å²) in [5.74, 6) is -3.24. The molecule has 144 valence electrons. The fourth-order valence-electron chi connectivity index (χ4n) is 2.83. The lowest BCUT2D eigenvalue weighted by atomic mass is 9.91. The first kappa shape index (κ1) is 18.5. The monoisotopic (exact) mass is 386 g/mol. The molecule has 0 fully saturated rings. The third-order valence-electron chi connectivity index (χ3n) is 4.11. The number of hydrogen-bond acceptors (Lipinski definition) is 5. The Hall–Kier alpha value is -3.31. The number of hydrogen-bond donors (Lipinski definition) is 3. The van der Waals surface area contributed by atoms with Gasteiger partial charge in [0.2, 0.25) is 11.4 Å². The maximum Gasteiger partial charge on any atom is 0.425 e. The maximum atomic E-state index is 13.9. The molecule has 2 aromatic heterocycles. The average molecular weight is 386 g/mol. The summed E-state index contributed by atoms with van der Waals surface area (Å²) < 4.78 is 47.5. The van der Waals surface area contributed by atoms with Crippen molar-refractivity contribution in [1.29, 1.82) is 0 Å². The number of nitrogens with one attached hydrogen (secondary N) is 3. The first-order chi connectivity index (χ1) is 12.6. The second-order valence-electron chi connectivity index (χ2n) is 5.75. The summed E-state index contributed by atoms with van der Waals surface area (Å²) in [6, 6.07) is 2.95. The number of fused-ring (bicyclic) bond motifs is 1. The topological polar surface area (TPSA) is 126 Å². The summed E-state index contributed by atoms with van der Waals surface area (Å²) in [5, 5.41) is 3.51. The van der Waals surface area contributed by atoms with Crippen LogP contribution in [-0.4, -0.2) is 27.5 Å². The van der Waals surface area contributed by atoms with Gasteiger partial charge in [0, 0.05) is 6.42 Å². The number of aromatic amines is 1. The highest BCUT2D eigenvalue weighted by atomic mass is 19.4. The SMILES string of the molecule is CCC(=O)N[C@@]1(C(F)(F)F)C(=O)Nc2c1c(=O)[nH]c(=O)n2Cc1ccco1. The third kappa shape index (κ3) is 2.73. The van der Waals surface area contributed by atoms with Gasteiger partial charge in [-0.3, -0.25) is 23.9 Å². The van der Waals surface area contributed by atoms with Crippen molar-refractivity contribution >= 4 is 17.6 Å². The van der Waals surface area contributed by atoms with E-state index in [1.807, 2.05) is 5.32 Å². The summed E-state index contributed by atoms with van der Waals surface area (Å²) in [6.07, 6.45) is -4.41. The zero-order chi connectivity index (χ0) is 20.0. The van der Waals surface area contributed by atoms with Gasteiger partial charge in [-0.05, 0) is 12.1 Å². The highest BCUT2D eigenvalue weighted by Crippen LogP contribution is 2.45. The predicted molar refractivity (Wildman–Crippen MR) is 83.9 cm³/mol. The van der Waals surface area contributed by atoms with Gasteiger partial charge >= 0.3 is 11.9 Å². The summed E-state index contributed by atoms with van der Waals surface area (Å²) in [6.45, 7) is 0.941. The fourth-order valence-corrected chi connectivity index (χ4v) is 2.83. The molecule has 1 aliphatic heterocycles. The summed E-state index contributed by atoms with van der Waals surface area (Å²) in [7, 11) is 0. The Labute approximate surface area is 148 Å². The number of H-pyrrole nitrogens is 1. The lowest BCUT2D eigenvalue weighted by molar-refractivity contribution is -0.200. The molecule has 0 unspecified atom stereocenters. The van der Waals surface area contributed by atoms with Crippen molar-refractivity contribution in [2.45, 2.75) is 31.6 Å². The molecule has 2 aromatic rings. The van der Waals surface area contributed by atoms with E-state index in [-0.39, 0.29) is 18.7 Å². The van der Waals surface area contributed by atoms with Crippen LogP contribution in [0, 0.1) is 0 Å². The number of furan rings is 1. The van der Waals surface area contributed by atoms with Crippen molar-refractivity contribution in [3.05, 3.63) is 50.6 Å². The van der Waals surface area contributed by atoms with Crippen molar-refractivity contribution < 1.29 is 27.2 Å². The van der Waals surface area contributed by atoms with Crippen LogP contribution in [0.3, 0.4) is 0 Å². The summed E-state index contributed by atoms with van der Waals surface area (Å²) in [4.78, 5) is 50.1. The molecule has 1 aliphatic rings. The molecule has 0 aromatic carbocycles. The van der Waals surface area contributed by atoms with Gasteiger partial charge in [0.25, 0.3) is 11.5 Å². The minimum absolute atomic E-state index is 0.197. The van der Waals surface area contributed by atoms with Gasteiger partial charge in [-0.1, -0.05) is 6.92 Å². The number of rotatable bonds is 4. The Morgan fingerprint density at radius 2 is 2.04 bits per heavy atom. The number of halogens is 3. The zero-order valence-corrected chi connectivity index (χ0v) is 13.8. The van der Waals surface area contributed by atoms with E-state index in [2.05, 4.69) is 0 Å². The van der Waals surface area contributed by atoms with Crippen molar-refractivity contribution in [1.82, 2.24) is 14.9 Å². The molecule has 27 heavy (non-hydrogen) atoms. The molecular weight excluding hydrogens is 373 g/mol. The lowest BCUT2D eigenvalue weighted by Gasteiger charge is -2.29. The second kappa shape index (κ2) is 6.14. The maximum absolute atomic E-state index is 13.9. The highest BCUT2D eigenvalue weighted by molar-refractivity contribution is 6.07. The van der Waals surface area contributed by atoms with Crippen LogP contribution in [0.25, 0.3) is 0 Å². The van der Waals surface area contributed by atoms with Gasteiger partial charge in [0.15, 0.2) is 0 Å². The van der Waals surface area contributed by atoms with Gasteiger partial charge in [0.05, 0.1) is 12.8 Å². The normalized spacial score (nSPS) is 18.9. The molecular formula is C15H13F3N4O5. The van der Waals surface area contributed by atoms with Gasteiger partial charge in [0.1, 0.15) is 17.1 Å². The molecule has 12 heteroatoms. The van der Waals surface area contributed by atoms with Gasteiger partial charge < -0.3 is 15.1 Å². The standard InChI is InChI=1S/C15H13F3N4O5/c1-2-8(23)21-14(15(16,17)18)9-10(19-12(14)25)22(13(26)20-11(9)24)6-7-4-3-5-27-7/h3-5H,2,6H2,1H3,(H,19,25)(H,21,23)(H,20,24,26)/t14-/m1/s1. The zero-order valence-electron chi connectivity index (χ0n) is 13.8. The van der Waals surface area contributed by atoms with Crippen LogP contribution in [-0.2, 0) is 21.7 Å². The number of carbonyl (C=O) groups is 2. The van der Waals surface area contributed by atoms with Crippen molar-refractivity contribution in [2.75, 3.05) is 5.32 Å². The van der Waals surface area contributed by atoms with Crippen LogP contribution >= 0.6 is 0 Å². The van der Waals surface area contributed by atoms with E-state index in [1.54, 1.807) is 10.3 Å². The number of alkyl halides is 3. The van der Waals surface area contributed by atoms with Crippen molar-refractivity contribution in [2.24, 2.45) is 0 Å². The van der Waals surface area contributed by atoms with Crippen LogP contribution in [0.5, 0.6) is 0 Å². The van der Waals surface area contributed by atoms with Crippen LogP contribution in [0.4, 0.5) is 19.0 Å². The Balaban J connectivity index is 2.29. The molecule has 3 N–H and O–H groups in total. The minimum Gasteiger partial charge on any atom is -0.467 e. The highest BCUT2D eigenvalue weighted by Gasteiger charge is 2.68. The molecule has 9 nitrogen and oxygen atoms in total. The smallest absolute Gasteiger partial charge is 0.425 e. The fraction of sp³-hybridized carbons (Fsp3) is 0.333. The Morgan fingerprint density at radius 1 is 1.33 bits per heavy atom. The minimum atomic E-state index is -5.34. The van der Waals surface area contributed by atoms with E-state index >= 15 is 0 Å². The number of aromatic nitrogens is 2. The van der Waals surface area contributed by atoms with Crippen LogP contribution in [0.1, 0.15) is 24.7 Å². The third-order valence-corrected chi connectivity index (χ3v) is 4.11. The van der Waals surface area contributed by atoms with E-state index in [0.717, 1.165) is 4.57 Å². The molecule has 0 saturated carbocycles. The van der Waals surface area contributed by atoms with Crippen molar-refractivity contribution in [3.63, 3.8) is 0 Å². The number of nitrogens with zero attached hydrogens (tertiary/aromatic N) is 1. The van der Waals surface area contributed by atoms with Crippen LogP contribution < -0.4 is 21.9 Å². The molecule has 3 rings (SSSR count). The number of amides is 2. The molecule has 3 heterocycles. The van der Waals surface area contributed by atoms with Gasteiger partial charge in [-0.2, -0.15) is 13.2 Å². The van der Waals surface area contributed by atoms with E-state index in [9.17, 15) is 32.3 Å². The van der Waals surface area contributed by atoms with Gasteiger partial charge in [-0.25, -0.2) is 4.79 Å². The lowest BCUT2D eigenvalue weighted by Crippen LogP contribution is -2.62. The summed E-state index contributed by atoms with van der Waals surface area (Å²) >= 11 is 0. The van der Waals surface area contributed by atoms with Crippen LogP contribution in [0.2, 0.25) is 0 Å². The first-order valence-electron chi connectivity index (χ1n) is 7.71. The molecule has 0 radical (unpaired) electrons. The largest absolute Gasteiger partial charge is 0.467 e. The van der Waals surface area contributed by atoms with E-state index < -0.39 is 46.2 Å². The quantitative estimate of drug-likeness (QED) is 0.702. The predicted octanol–water partition coefficient (Wildman–Crippen LogP) is 0.414. The van der Waals surface area contributed by atoms with E-state index in [4.69, 9.17) is 4.42 Å². The molecule has 1 atom stereocenters. The average Bonchev–Trinajstić information content (AvgIpc) is 3.18. The Morgan fingerprint density at radius 3 is 2.59 bits per heavy atom. The molecule has 2 amide bonds. The number of carbonyl (C=O) groups excluding carboxylic acids is 2. The summed E-state index contributed by atoms with van der Waals surface area (Å²) in [5.41, 5.74) is -7.19. The Bertz CT molecular complexity index is 1020. The van der Waals surface area contributed by atoms with Crippen molar-refractivity contribution in [3.8, 4) is 0 Å². The molecule has 0 aliphatic carbocycles. The molecule has 0 saturated heterocycles. The second-order valence-corrected chi connectivity index (χ2v) is 5.75. The van der Waals surface area contributed by atoms with E-state index in [0.29, 0.717) is 0 Å². The molecule has 0 spiro atoms. The first-order valence-corrected chi connectivity index (χ1v) is 7.71. The number of anilines is 1. The molecule has 0 bridgehead atoms. The Kier molecular flexibility index (Phi) is 4.20. The van der Waals surface area contributed by atoms with E-state index in [1.165, 1.54) is 25.3 Å². The van der Waals surface area contributed by atoms with Gasteiger partial charge in [-0.15, -0.1) is 0 Å².